The van der Waals surface area contributed by atoms with Gasteiger partial charge < -0.3 is 0 Å². The van der Waals surface area contributed by atoms with E-state index >= 15 is 0 Å². The minimum absolute atomic E-state index is 0.00706. The van der Waals surface area contributed by atoms with Crippen molar-refractivity contribution in [3.05, 3.63) is 0 Å². The van der Waals surface area contributed by atoms with Crippen molar-refractivity contribution in [2.75, 3.05) is 26.2 Å². The summed E-state index contributed by atoms with van der Waals surface area (Å²) in [5.41, 5.74) is 0. The normalized spacial score (nSPS) is 31.4. The second-order valence-corrected chi connectivity index (χ2v) is 6.40. The van der Waals surface area contributed by atoms with Gasteiger partial charge in [-0.25, -0.2) is 0 Å². The van der Waals surface area contributed by atoms with E-state index in [0.29, 0.717) is 26.2 Å². The molecule has 0 aromatic rings. The Morgan fingerprint density at radius 2 is 1.71 bits per heavy atom. The summed E-state index contributed by atoms with van der Waals surface area (Å²) in [5.74, 6) is 0. The van der Waals surface area contributed by atoms with Crippen molar-refractivity contribution in [1.29, 1.82) is 0 Å². The molecule has 0 spiro atoms. The summed E-state index contributed by atoms with van der Waals surface area (Å²) >= 11 is 5.90. The van der Waals surface area contributed by atoms with E-state index in [4.69, 9.17) is 11.6 Å². The number of alkyl halides is 1. The Labute approximate surface area is 90.0 Å². The van der Waals surface area contributed by atoms with Gasteiger partial charge in [0.1, 0.15) is 0 Å². The summed E-state index contributed by atoms with van der Waals surface area (Å²) in [5, 5.41) is -0.00706. The monoisotopic (exact) mass is 238 g/mol. The predicted molar refractivity (Wildman–Crippen MR) is 55.6 cm³/mol. The van der Waals surface area contributed by atoms with Crippen molar-refractivity contribution in [3.63, 3.8) is 0 Å². The lowest BCUT2D eigenvalue weighted by molar-refractivity contribution is 0.398. The van der Waals surface area contributed by atoms with Crippen LogP contribution in [0.2, 0.25) is 0 Å². The Morgan fingerprint density at radius 1 is 1.07 bits per heavy atom. The fourth-order valence-electron chi connectivity index (χ4n) is 1.98. The zero-order valence-corrected chi connectivity index (χ0v) is 9.60. The lowest BCUT2D eigenvalue weighted by Gasteiger charge is -2.22. The van der Waals surface area contributed by atoms with E-state index in [-0.39, 0.29) is 5.38 Å². The van der Waals surface area contributed by atoms with Gasteiger partial charge in [0.05, 0.1) is 0 Å². The minimum atomic E-state index is -3.19. The van der Waals surface area contributed by atoms with Crippen molar-refractivity contribution in [1.82, 2.24) is 8.61 Å². The molecule has 82 valence electrons. The van der Waals surface area contributed by atoms with Crippen LogP contribution in [0.5, 0.6) is 0 Å². The first-order chi connectivity index (χ1) is 6.60. The summed E-state index contributed by atoms with van der Waals surface area (Å²) in [4.78, 5) is 0. The van der Waals surface area contributed by atoms with Crippen LogP contribution in [0, 0.1) is 0 Å². The van der Waals surface area contributed by atoms with Crippen LogP contribution in [0.3, 0.4) is 0 Å². The van der Waals surface area contributed by atoms with Gasteiger partial charge >= 0.3 is 0 Å². The fraction of sp³-hybridized carbons (Fsp3) is 1.00. The molecule has 2 fully saturated rings. The third-order valence-corrected chi connectivity index (χ3v) is 5.17. The van der Waals surface area contributed by atoms with Crippen molar-refractivity contribution in [2.24, 2.45) is 0 Å². The molecule has 0 amide bonds. The lowest BCUT2D eigenvalue weighted by atomic mass is 10.4. The molecular formula is C8H15ClN2O2S. The maximum atomic E-state index is 12.0. The first-order valence-electron chi connectivity index (χ1n) is 5.00. The summed E-state index contributed by atoms with van der Waals surface area (Å²) in [6.45, 7) is 2.39. The molecule has 0 aromatic carbocycles. The maximum Gasteiger partial charge on any atom is 0.282 e. The van der Waals surface area contributed by atoms with Gasteiger partial charge in [0.25, 0.3) is 10.2 Å². The molecule has 14 heavy (non-hydrogen) atoms. The van der Waals surface area contributed by atoms with Crippen LogP contribution < -0.4 is 0 Å². The average molecular weight is 239 g/mol. The van der Waals surface area contributed by atoms with E-state index in [1.54, 1.807) is 4.31 Å². The molecule has 2 saturated heterocycles. The third kappa shape index (κ3) is 1.91. The summed E-state index contributed by atoms with van der Waals surface area (Å²) in [6.07, 6.45) is 2.74. The van der Waals surface area contributed by atoms with E-state index < -0.39 is 10.2 Å². The van der Waals surface area contributed by atoms with Crippen LogP contribution in [0.25, 0.3) is 0 Å². The standard InChI is InChI=1S/C8H15ClN2O2S/c9-8-3-6-11(7-8)14(12,13)10-4-1-2-5-10/h8H,1-7H2. The number of nitrogens with zero attached hydrogens (tertiary/aromatic N) is 2. The molecule has 1 unspecified atom stereocenters. The second-order valence-electron chi connectivity index (χ2n) is 3.86. The van der Waals surface area contributed by atoms with Crippen LogP contribution in [0.1, 0.15) is 19.3 Å². The van der Waals surface area contributed by atoms with Gasteiger partial charge in [-0.15, -0.1) is 11.6 Å². The first kappa shape index (κ1) is 10.7. The zero-order chi connectivity index (χ0) is 10.2. The molecule has 0 aliphatic carbocycles. The highest BCUT2D eigenvalue weighted by molar-refractivity contribution is 7.86. The first-order valence-corrected chi connectivity index (χ1v) is 6.83. The van der Waals surface area contributed by atoms with Crippen LogP contribution in [-0.4, -0.2) is 48.6 Å². The van der Waals surface area contributed by atoms with Crippen LogP contribution in [-0.2, 0) is 10.2 Å². The molecule has 2 aliphatic rings. The average Bonchev–Trinajstić information content (AvgIpc) is 2.72. The summed E-state index contributed by atoms with van der Waals surface area (Å²) < 4.78 is 27.0. The maximum absolute atomic E-state index is 12.0. The predicted octanol–water partition coefficient (Wildman–Crippen LogP) is 0.640. The largest absolute Gasteiger partial charge is 0.282 e. The summed E-state index contributed by atoms with van der Waals surface area (Å²) in [6, 6.07) is 0. The van der Waals surface area contributed by atoms with Crippen LogP contribution >= 0.6 is 11.6 Å². The topological polar surface area (TPSA) is 40.6 Å². The Hall–Kier alpha value is 0.160. The van der Waals surface area contributed by atoms with Crippen LogP contribution in [0.4, 0.5) is 0 Å². The number of halogens is 1. The fourth-order valence-corrected chi connectivity index (χ4v) is 4.08. The smallest absolute Gasteiger partial charge is 0.195 e. The molecule has 2 aliphatic heterocycles. The Kier molecular flexibility index (Phi) is 3.02. The molecular weight excluding hydrogens is 224 g/mol. The van der Waals surface area contributed by atoms with E-state index in [9.17, 15) is 8.42 Å². The lowest BCUT2D eigenvalue weighted by Crippen LogP contribution is -2.41. The molecule has 0 bridgehead atoms. The van der Waals surface area contributed by atoms with Crippen LogP contribution in [0.15, 0.2) is 0 Å². The molecule has 6 heteroatoms. The van der Waals surface area contributed by atoms with E-state index in [0.717, 1.165) is 19.3 Å². The van der Waals surface area contributed by atoms with Crippen molar-refractivity contribution in [2.45, 2.75) is 24.6 Å². The minimum Gasteiger partial charge on any atom is -0.195 e. The van der Waals surface area contributed by atoms with Gasteiger partial charge in [0, 0.05) is 31.6 Å². The Balaban J connectivity index is 2.07. The highest BCUT2D eigenvalue weighted by Gasteiger charge is 2.35. The molecule has 4 nitrogen and oxygen atoms in total. The van der Waals surface area contributed by atoms with Crippen molar-refractivity contribution in [3.8, 4) is 0 Å². The summed E-state index contributed by atoms with van der Waals surface area (Å²) in [7, 11) is -3.19. The molecule has 2 heterocycles. The van der Waals surface area contributed by atoms with Crippen molar-refractivity contribution >= 4 is 21.8 Å². The van der Waals surface area contributed by atoms with Gasteiger partial charge in [-0.05, 0) is 19.3 Å². The number of hydrogen-bond donors (Lipinski definition) is 0. The van der Waals surface area contributed by atoms with Gasteiger partial charge in [-0.3, -0.25) is 0 Å². The highest BCUT2D eigenvalue weighted by atomic mass is 35.5. The second kappa shape index (κ2) is 3.96. The molecule has 0 saturated carbocycles. The Bertz CT molecular complexity index is 300. The van der Waals surface area contributed by atoms with Gasteiger partial charge in [0.2, 0.25) is 0 Å². The molecule has 0 aromatic heterocycles. The number of rotatable bonds is 2. The molecule has 0 N–H and O–H groups in total. The third-order valence-electron chi connectivity index (χ3n) is 2.81. The zero-order valence-electron chi connectivity index (χ0n) is 8.02. The van der Waals surface area contributed by atoms with E-state index in [1.807, 2.05) is 0 Å². The van der Waals surface area contributed by atoms with Crippen molar-refractivity contribution < 1.29 is 8.42 Å². The molecule has 0 radical (unpaired) electrons. The van der Waals surface area contributed by atoms with E-state index in [2.05, 4.69) is 0 Å². The quantitative estimate of drug-likeness (QED) is 0.663. The number of hydrogen-bond acceptors (Lipinski definition) is 2. The highest BCUT2D eigenvalue weighted by Crippen LogP contribution is 2.22. The Morgan fingerprint density at radius 3 is 2.21 bits per heavy atom. The van der Waals surface area contributed by atoms with Gasteiger partial charge in [0.15, 0.2) is 0 Å². The van der Waals surface area contributed by atoms with E-state index in [1.165, 1.54) is 4.31 Å². The van der Waals surface area contributed by atoms with Gasteiger partial charge in [-0.2, -0.15) is 17.0 Å². The molecule has 2 rings (SSSR count). The SMILES string of the molecule is O=S(=O)(N1CCCC1)N1CCC(Cl)C1. The van der Waals surface area contributed by atoms with Gasteiger partial charge in [-0.1, -0.05) is 0 Å². The molecule has 1 atom stereocenters.